The third-order valence-electron chi connectivity index (χ3n) is 4.60. The molecule has 2 aliphatic carbocycles. The summed E-state index contributed by atoms with van der Waals surface area (Å²) in [5.74, 6) is -2.83. The van der Waals surface area contributed by atoms with Gasteiger partial charge >= 0.3 is 0 Å². The smallest absolute Gasteiger partial charge is 0.222 e. The Morgan fingerprint density at radius 3 is 2.50 bits per heavy atom. The molecular weight excluding hydrogens is 288 g/mol. The van der Waals surface area contributed by atoms with Gasteiger partial charge in [0.05, 0.1) is 12.7 Å². The van der Waals surface area contributed by atoms with Gasteiger partial charge < -0.3 is 14.9 Å². The summed E-state index contributed by atoms with van der Waals surface area (Å²) in [6.45, 7) is 1.69. The molecular formula is C16H16O6. The van der Waals surface area contributed by atoms with Crippen LogP contribution in [-0.4, -0.2) is 45.9 Å². The highest BCUT2D eigenvalue weighted by Crippen LogP contribution is 2.47. The molecule has 116 valence electrons. The Bertz CT molecular complexity index is 709. The molecule has 22 heavy (non-hydrogen) atoms. The lowest BCUT2D eigenvalue weighted by Crippen LogP contribution is -2.72. The van der Waals surface area contributed by atoms with Crippen molar-refractivity contribution >= 4 is 17.3 Å². The number of carbonyl (C=O) groups excluding carboxylic acids is 3. The van der Waals surface area contributed by atoms with E-state index in [9.17, 15) is 24.6 Å². The van der Waals surface area contributed by atoms with Gasteiger partial charge in [0.25, 0.3) is 0 Å². The lowest BCUT2D eigenvalue weighted by Gasteiger charge is -2.47. The lowest BCUT2D eigenvalue weighted by molar-refractivity contribution is -0.164. The number of aliphatic hydroxyl groups is 2. The van der Waals surface area contributed by atoms with Crippen molar-refractivity contribution in [2.75, 3.05) is 7.11 Å². The van der Waals surface area contributed by atoms with Crippen LogP contribution in [0.2, 0.25) is 0 Å². The van der Waals surface area contributed by atoms with Crippen LogP contribution in [0.3, 0.4) is 0 Å². The number of carbonyl (C=O) groups is 3. The van der Waals surface area contributed by atoms with Gasteiger partial charge in [-0.2, -0.15) is 0 Å². The molecule has 6 nitrogen and oxygen atoms in total. The van der Waals surface area contributed by atoms with E-state index in [4.69, 9.17) is 4.74 Å². The number of ether oxygens (including phenoxy) is 1. The first-order chi connectivity index (χ1) is 10.3. The van der Waals surface area contributed by atoms with Gasteiger partial charge in [0, 0.05) is 12.0 Å². The van der Waals surface area contributed by atoms with E-state index < -0.39 is 28.6 Å². The summed E-state index contributed by atoms with van der Waals surface area (Å²) in [5, 5.41) is 21.5. The summed E-state index contributed by atoms with van der Waals surface area (Å²) in [7, 11) is 1.32. The Morgan fingerprint density at radius 1 is 1.18 bits per heavy atom. The minimum atomic E-state index is -2.74. The number of benzene rings is 1. The van der Waals surface area contributed by atoms with Crippen LogP contribution in [0.1, 0.15) is 40.5 Å². The Kier molecular flexibility index (Phi) is 3.02. The summed E-state index contributed by atoms with van der Waals surface area (Å²) in [4.78, 5) is 37.8. The van der Waals surface area contributed by atoms with Crippen LogP contribution in [0, 0.1) is 5.92 Å². The van der Waals surface area contributed by atoms with Crippen molar-refractivity contribution in [1.82, 2.24) is 0 Å². The van der Waals surface area contributed by atoms with E-state index in [1.165, 1.54) is 25.3 Å². The van der Waals surface area contributed by atoms with E-state index >= 15 is 0 Å². The van der Waals surface area contributed by atoms with Gasteiger partial charge in [0.1, 0.15) is 5.75 Å². The molecule has 3 rings (SSSR count). The predicted molar refractivity (Wildman–Crippen MR) is 75.0 cm³/mol. The maximum atomic E-state index is 12.8. The standard InChI is InChI=1S/C16H16O6/c1-8-6-11(17)16(21)14(19)12-9(4-3-5-10(12)22-2)13(18)15(16,20)7-8/h3-5,8,20-21H,6-7H2,1-2H3/t8-,15-,16+/m0/s1. The van der Waals surface area contributed by atoms with Gasteiger partial charge in [0.2, 0.25) is 11.4 Å². The van der Waals surface area contributed by atoms with Crippen molar-refractivity contribution in [3.05, 3.63) is 29.3 Å². The predicted octanol–water partition coefficient (Wildman–Crippen LogP) is 0.535. The number of hydrogen-bond acceptors (Lipinski definition) is 6. The van der Waals surface area contributed by atoms with Crippen LogP contribution < -0.4 is 4.74 Å². The first kappa shape index (κ1) is 14.9. The monoisotopic (exact) mass is 304 g/mol. The largest absolute Gasteiger partial charge is 0.496 e. The average Bonchev–Trinajstić information content (AvgIpc) is 2.48. The molecule has 1 saturated carbocycles. The van der Waals surface area contributed by atoms with Crippen molar-refractivity contribution in [3.63, 3.8) is 0 Å². The Hall–Kier alpha value is -2.05. The third-order valence-corrected chi connectivity index (χ3v) is 4.60. The summed E-state index contributed by atoms with van der Waals surface area (Å²) in [5.41, 5.74) is -5.33. The maximum absolute atomic E-state index is 12.8. The highest BCUT2D eigenvalue weighted by atomic mass is 16.5. The zero-order valence-electron chi connectivity index (χ0n) is 12.3. The minimum absolute atomic E-state index is 0.0292. The molecule has 2 N–H and O–H groups in total. The first-order valence-electron chi connectivity index (χ1n) is 7.02. The third kappa shape index (κ3) is 1.54. The van der Waals surface area contributed by atoms with Gasteiger partial charge in [-0.1, -0.05) is 19.1 Å². The quantitative estimate of drug-likeness (QED) is 0.734. The molecule has 0 spiro atoms. The molecule has 0 bridgehead atoms. The van der Waals surface area contributed by atoms with Gasteiger partial charge in [0.15, 0.2) is 17.2 Å². The Morgan fingerprint density at radius 2 is 1.86 bits per heavy atom. The van der Waals surface area contributed by atoms with Crippen LogP contribution >= 0.6 is 0 Å². The fourth-order valence-corrected chi connectivity index (χ4v) is 3.52. The van der Waals surface area contributed by atoms with Crippen molar-refractivity contribution < 1.29 is 29.3 Å². The van der Waals surface area contributed by atoms with E-state index in [0.29, 0.717) is 0 Å². The zero-order valence-corrected chi connectivity index (χ0v) is 12.3. The zero-order chi connectivity index (χ0) is 16.3. The molecule has 0 heterocycles. The number of ketones is 3. The van der Waals surface area contributed by atoms with Gasteiger partial charge in [-0.3, -0.25) is 14.4 Å². The number of Topliss-reactive ketones (excluding diaryl/α,β-unsaturated/α-hetero) is 3. The molecule has 6 heteroatoms. The van der Waals surface area contributed by atoms with Crippen molar-refractivity contribution in [2.24, 2.45) is 5.92 Å². The maximum Gasteiger partial charge on any atom is 0.222 e. The van der Waals surface area contributed by atoms with E-state index in [-0.39, 0.29) is 35.6 Å². The van der Waals surface area contributed by atoms with Crippen LogP contribution in [0.25, 0.3) is 0 Å². The minimum Gasteiger partial charge on any atom is -0.496 e. The second-order valence-corrected chi connectivity index (χ2v) is 6.05. The van der Waals surface area contributed by atoms with E-state index in [1.807, 2.05) is 0 Å². The highest BCUT2D eigenvalue weighted by Gasteiger charge is 2.69. The molecule has 3 atom stereocenters. The summed E-state index contributed by atoms with van der Waals surface area (Å²) in [6, 6.07) is 4.37. The summed E-state index contributed by atoms with van der Waals surface area (Å²) >= 11 is 0. The molecule has 0 aliphatic heterocycles. The molecule has 0 aromatic heterocycles. The van der Waals surface area contributed by atoms with E-state index in [1.54, 1.807) is 6.92 Å². The van der Waals surface area contributed by atoms with Crippen LogP contribution in [-0.2, 0) is 4.79 Å². The summed E-state index contributed by atoms with van der Waals surface area (Å²) < 4.78 is 5.07. The van der Waals surface area contributed by atoms with E-state index in [0.717, 1.165) is 0 Å². The van der Waals surface area contributed by atoms with Crippen LogP contribution in [0.15, 0.2) is 18.2 Å². The summed E-state index contributed by atoms with van der Waals surface area (Å²) in [6.07, 6.45) is -0.210. The molecule has 0 amide bonds. The average molecular weight is 304 g/mol. The molecule has 0 saturated heterocycles. The normalized spacial score (nSPS) is 34.2. The van der Waals surface area contributed by atoms with E-state index in [2.05, 4.69) is 0 Å². The fourth-order valence-electron chi connectivity index (χ4n) is 3.52. The lowest BCUT2D eigenvalue weighted by atomic mass is 9.58. The number of methoxy groups -OCH3 is 1. The number of rotatable bonds is 1. The first-order valence-corrected chi connectivity index (χ1v) is 7.02. The Labute approximate surface area is 126 Å². The SMILES string of the molecule is COc1cccc2c1C(=O)[C@]1(O)C(=O)C[C@H](C)C[C@]1(O)C2=O. The van der Waals surface area contributed by atoms with Crippen LogP contribution in [0.4, 0.5) is 0 Å². The number of hydrogen-bond donors (Lipinski definition) is 2. The van der Waals surface area contributed by atoms with Crippen molar-refractivity contribution in [3.8, 4) is 5.75 Å². The molecule has 2 aliphatic rings. The molecule has 1 fully saturated rings. The molecule has 1 aromatic carbocycles. The van der Waals surface area contributed by atoms with Crippen LogP contribution in [0.5, 0.6) is 5.75 Å². The topological polar surface area (TPSA) is 101 Å². The molecule has 0 unspecified atom stereocenters. The van der Waals surface area contributed by atoms with Gasteiger partial charge in [-0.25, -0.2) is 0 Å². The number of fused-ring (bicyclic) bond motifs is 2. The fraction of sp³-hybridized carbons (Fsp3) is 0.438. The van der Waals surface area contributed by atoms with Gasteiger partial charge in [-0.05, 0) is 18.4 Å². The highest BCUT2D eigenvalue weighted by molar-refractivity contribution is 6.31. The molecule has 0 radical (unpaired) electrons. The van der Waals surface area contributed by atoms with Crippen molar-refractivity contribution in [2.45, 2.75) is 31.0 Å². The van der Waals surface area contributed by atoms with Crippen molar-refractivity contribution in [1.29, 1.82) is 0 Å². The van der Waals surface area contributed by atoms with Gasteiger partial charge in [-0.15, -0.1) is 0 Å². The second-order valence-electron chi connectivity index (χ2n) is 6.05. The molecule has 1 aromatic rings. The Balaban J connectivity index is 2.33. The second kappa shape index (κ2) is 4.47.